The van der Waals surface area contributed by atoms with E-state index in [0.717, 1.165) is 0 Å². The van der Waals surface area contributed by atoms with E-state index in [2.05, 4.69) is 50.5 Å². The molecule has 0 radical (unpaired) electrons. The van der Waals surface area contributed by atoms with E-state index in [-0.39, 0.29) is 35.7 Å². The molecule has 118 valence electrons. The Labute approximate surface area is 149 Å². The van der Waals surface area contributed by atoms with E-state index in [0.29, 0.717) is 23.0 Å². The molecule has 0 aromatic heterocycles. The van der Waals surface area contributed by atoms with Gasteiger partial charge in [-0.1, -0.05) is 21.6 Å². The number of ether oxygens (including phenoxy) is 2. The molecule has 0 aliphatic rings. The fraction of sp³-hybridized carbons (Fsp3) is 0.800. The number of esters is 2. The minimum absolute atomic E-state index is 0.0449. The summed E-state index contributed by atoms with van der Waals surface area (Å²) >= 11 is 16.1. The van der Waals surface area contributed by atoms with Crippen molar-refractivity contribution >= 4 is 84.0 Å². The molecular formula is C10H18O4S6. The van der Waals surface area contributed by atoms with Gasteiger partial charge in [0, 0.05) is 23.0 Å². The fourth-order valence-electron chi connectivity index (χ4n) is 0.913. The molecular weight excluding hydrogens is 377 g/mol. The Morgan fingerprint density at radius 3 is 1.90 bits per heavy atom. The minimum Gasteiger partial charge on any atom is -0.460 e. The predicted molar refractivity (Wildman–Crippen MR) is 100 cm³/mol. The first kappa shape index (κ1) is 21.0. The standard InChI is InChI=1S/C10H18O4S6/c11-9(4-18)14-8(3-17)5-19-20-6-10(12)13-7(1-15)2-16/h7-8,15-18H,1-6H2. The molecule has 0 amide bonds. The van der Waals surface area contributed by atoms with Crippen LogP contribution in [0.25, 0.3) is 0 Å². The highest BCUT2D eigenvalue weighted by molar-refractivity contribution is 8.76. The van der Waals surface area contributed by atoms with E-state index in [1.54, 1.807) is 0 Å². The van der Waals surface area contributed by atoms with Gasteiger partial charge in [-0.15, -0.1) is 0 Å². The Hall–Kier alpha value is 1.04. The van der Waals surface area contributed by atoms with Gasteiger partial charge in [0.2, 0.25) is 0 Å². The highest BCUT2D eigenvalue weighted by Crippen LogP contribution is 2.23. The van der Waals surface area contributed by atoms with Gasteiger partial charge in [-0.25, -0.2) is 0 Å². The van der Waals surface area contributed by atoms with Gasteiger partial charge in [-0.05, 0) is 0 Å². The van der Waals surface area contributed by atoms with Crippen molar-refractivity contribution < 1.29 is 19.1 Å². The number of carbonyl (C=O) groups is 2. The van der Waals surface area contributed by atoms with Crippen LogP contribution < -0.4 is 0 Å². The molecule has 0 spiro atoms. The smallest absolute Gasteiger partial charge is 0.317 e. The fourth-order valence-corrected chi connectivity index (χ4v) is 3.94. The van der Waals surface area contributed by atoms with Crippen LogP contribution in [0.4, 0.5) is 0 Å². The summed E-state index contributed by atoms with van der Waals surface area (Å²) in [7, 11) is 2.79. The maximum atomic E-state index is 11.5. The highest BCUT2D eigenvalue weighted by atomic mass is 33.1. The second-order valence-electron chi connectivity index (χ2n) is 3.48. The number of carbonyl (C=O) groups excluding carboxylic acids is 2. The summed E-state index contributed by atoms with van der Waals surface area (Å²) in [5.41, 5.74) is 0. The van der Waals surface area contributed by atoms with Crippen LogP contribution in [0.1, 0.15) is 0 Å². The van der Waals surface area contributed by atoms with Crippen LogP contribution in [-0.4, -0.2) is 58.7 Å². The summed E-state index contributed by atoms with van der Waals surface area (Å²) in [4.78, 5) is 22.5. The maximum Gasteiger partial charge on any atom is 0.317 e. The number of hydrogen-bond donors (Lipinski definition) is 4. The van der Waals surface area contributed by atoms with Crippen molar-refractivity contribution in [1.82, 2.24) is 0 Å². The molecule has 0 saturated heterocycles. The highest BCUT2D eigenvalue weighted by Gasteiger charge is 2.14. The summed E-state index contributed by atoms with van der Waals surface area (Å²) in [5, 5.41) is 0. The van der Waals surface area contributed by atoms with Gasteiger partial charge < -0.3 is 9.47 Å². The van der Waals surface area contributed by atoms with Gasteiger partial charge in [0.25, 0.3) is 0 Å². The van der Waals surface area contributed by atoms with Gasteiger partial charge in [0.05, 0.1) is 5.75 Å². The van der Waals surface area contributed by atoms with Crippen molar-refractivity contribution in [2.45, 2.75) is 12.2 Å². The molecule has 0 bridgehead atoms. The molecule has 0 rings (SSSR count). The Morgan fingerprint density at radius 2 is 1.40 bits per heavy atom. The van der Waals surface area contributed by atoms with E-state index in [1.165, 1.54) is 21.6 Å². The van der Waals surface area contributed by atoms with Crippen LogP contribution in [0.2, 0.25) is 0 Å². The van der Waals surface area contributed by atoms with Crippen molar-refractivity contribution in [3.05, 3.63) is 0 Å². The average molecular weight is 395 g/mol. The number of hydrogen-bond acceptors (Lipinski definition) is 10. The van der Waals surface area contributed by atoms with Crippen LogP contribution in [0, 0.1) is 0 Å². The molecule has 20 heavy (non-hydrogen) atoms. The summed E-state index contributed by atoms with van der Waals surface area (Å²) < 4.78 is 10.2. The zero-order valence-electron chi connectivity index (χ0n) is 10.6. The van der Waals surface area contributed by atoms with Crippen LogP contribution >= 0.6 is 72.1 Å². The second-order valence-corrected chi connectivity index (χ2v) is 7.40. The van der Waals surface area contributed by atoms with Gasteiger partial charge in [0.15, 0.2) is 0 Å². The second kappa shape index (κ2) is 13.7. The number of rotatable bonds is 11. The van der Waals surface area contributed by atoms with Crippen LogP contribution in [0.15, 0.2) is 0 Å². The Morgan fingerprint density at radius 1 is 0.850 bits per heavy atom. The van der Waals surface area contributed by atoms with Crippen LogP contribution in [0.5, 0.6) is 0 Å². The Balaban J connectivity index is 3.77. The molecule has 1 unspecified atom stereocenters. The van der Waals surface area contributed by atoms with Crippen molar-refractivity contribution in [1.29, 1.82) is 0 Å². The van der Waals surface area contributed by atoms with E-state index in [9.17, 15) is 9.59 Å². The molecule has 0 aliphatic carbocycles. The van der Waals surface area contributed by atoms with Crippen LogP contribution in [-0.2, 0) is 19.1 Å². The number of thiol groups is 4. The summed E-state index contributed by atoms with van der Waals surface area (Å²) in [6.45, 7) is 0. The molecule has 0 aliphatic heterocycles. The van der Waals surface area contributed by atoms with Crippen molar-refractivity contribution in [3.63, 3.8) is 0 Å². The van der Waals surface area contributed by atoms with E-state index >= 15 is 0 Å². The molecule has 0 fully saturated rings. The predicted octanol–water partition coefficient (Wildman–Crippen LogP) is 1.91. The Kier molecular flexibility index (Phi) is 14.4. The third-order valence-corrected chi connectivity index (χ3v) is 5.62. The molecule has 0 N–H and O–H groups in total. The lowest BCUT2D eigenvalue weighted by molar-refractivity contribution is -0.144. The monoisotopic (exact) mass is 394 g/mol. The van der Waals surface area contributed by atoms with E-state index in [4.69, 9.17) is 9.47 Å². The summed E-state index contributed by atoms with van der Waals surface area (Å²) in [6, 6.07) is 0. The van der Waals surface area contributed by atoms with Gasteiger partial charge >= 0.3 is 11.9 Å². The van der Waals surface area contributed by atoms with E-state index < -0.39 is 0 Å². The normalized spacial score (nSPS) is 12.2. The molecule has 1 atom stereocenters. The lowest BCUT2D eigenvalue weighted by atomic mass is 10.5. The summed E-state index contributed by atoms with van der Waals surface area (Å²) in [6.07, 6.45) is -0.546. The molecule has 0 saturated carbocycles. The molecule has 10 heteroatoms. The first-order valence-electron chi connectivity index (χ1n) is 5.64. The first-order valence-corrected chi connectivity index (χ1v) is 10.7. The molecule has 4 nitrogen and oxygen atoms in total. The van der Waals surface area contributed by atoms with E-state index in [1.807, 2.05) is 0 Å². The third-order valence-electron chi connectivity index (χ3n) is 1.85. The summed E-state index contributed by atoms with van der Waals surface area (Å²) in [5.74, 6) is 1.49. The van der Waals surface area contributed by atoms with Crippen molar-refractivity contribution in [2.75, 3.05) is 34.5 Å². The van der Waals surface area contributed by atoms with Crippen LogP contribution in [0.3, 0.4) is 0 Å². The zero-order chi connectivity index (χ0) is 15.4. The average Bonchev–Trinajstić information content (AvgIpc) is 2.47. The quantitative estimate of drug-likeness (QED) is 0.186. The molecule has 0 heterocycles. The van der Waals surface area contributed by atoms with Crippen molar-refractivity contribution in [2.24, 2.45) is 0 Å². The van der Waals surface area contributed by atoms with Gasteiger partial charge in [-0.3, -0.25) is 9.59 Å². The Bertz CT molecular complexity index is 287. The largest absolute Gasteiger partial charge is 0.460 e. The third kappa shape index (κ3) is 10.7. The van der Waals surface area contributed by atoms with Crippen molar-refractivity contribution in [3.8, 4) is 0 Å². The van der Waals surface area contributed by atoms with Gasteiger partial charge in [0.1, 0.15) is 18.0 Å². The molecule has 0 aromatic rings. The molecule has 0 aromatic carbocycles. The SMILES string of the molecule is O=C(CSSCC(CS)OC(=O)CS)OC(CS)CS. The topological polar surface area (TPSA) is 52.6 Å². The lowest BCUT2D eigenvalue weighted by Crippen LogP contribution is -2.23. The lowest BCUT2D eigenvalue weighted by Gasteiger charge is -2.15. The zero-order valence-corrected chi connectivity index (χ0v) is 15.8. The first-order chi connectivity index (χ1) is 9.57. The minimum atomic E-state index is -0.372. The maximum absolute atomic E-state index is 11.5. The van der Waals surface area contributed by atoms with Gasteiger partial charge in [-0.2, -0.15) is 50.5 Å².